The van der Waals surface area contributed by atoms with E-state index >= 15 is 0 Å². The van der Waals surface area contributed by atoms with Crippen LogP contribution < -0.4 is 10.0 Å². The Morgan fingerprint density at radius 1 is 0.971 bits per heavy atom. The minimum atomic E-state index is -3.94. The van der Waals surface area contributed by atoms with Crippen molar-refractivity contribution in [2.45, 2.75) is 51.3 Å². The predicted octanol–water partition coefficient (Wildman–Crippen LogP) is 5.39. The summed E-state index contributed by atoms with van der Waals surface area (Å²) in [5, 5.41) is 3.26. The van der Waals surface area contributed by atoms with E-state index in [4.69, 9.17) is 4.74 Å². The quantitative estimate of drug-likeness (QED) is 0.431. The second kappa shape index (κ2) is 9.83. The van der Waals surface area contributed by atoms with Crippen molar-refractivity contribution in [2.75, 3.05) is 17.1 Å². The molecule has 7 nitrogen and oxygen atoms in total. The minimum Gasteiger partial charge on any atom is -0.465 e. The molecule has 1 aliphatic carbocycles. The van der Waals surface area contributed by atoms with Gasteiger partial charge in [-0.05, 0) is 86.9 Å². The number of benzene rings is 2. The lowest BCUT2D eigenvalue weighted by molar-refractivity contribution is 0.0601. The maximum atomic E-state index is 13.2. The number of fused-ring (bicyclic) bond motifs is 1. The Labute approximate surface area is 209 Å². The molecule has 1 amide bonds. The minimum absolute atomic E-state index is 0.0183. The number of thiophene rings is 1. The van der Waals surface area contributed by atoms with Gasteiger partial charge >= 0.3 is 5.97 Å². The van der Waals surface area contributed by atoms with Gasteiger partial charge in [0.15, 0.2) is 0 Å². The summed E-state index contributed by atoms with van der Waals surface area (Å²) < 4.78 is 34.1. The molecule has 2 N–H and O–H groups in total. The first kappa shape index (κ1) is 24.9. The maximum absolute atomic E-state index is 13.2. The van der Waals surface area contributed by atoms with Crippen LogP contribution >= 0.6 is 11.3 Å². The highest BCUT2D eigenvalue weighted by molar-refractivity contribution is 7.92. The SMILES string of the molecule is COC(=O)c1c(NC(=O)c2ccc(C)c(S(=O)(=O)Nc3cc(C)ccc3C)c2)sc2c1CCCC2. The van der Waals surface area contributed by atoms with Crippen LogP contribution in [0, 0.1) is 20.8 Å². The Hall–Kier alpha value is -3.17. The number of esters is 1. The van der Waals surface area contributed by atoms with Gasteiger partial charge in [0.2, 0.25) is 0 Å². The van der Waals surface area contributed by atoms with E-state index in [1.54, 1.807) is 25.1 Å². The molecule has 0 atom stereocenters. The molecule has 2 aromatic carbocycles. The zero-order valence-corrected chi connectivity index (χ0v) is 21.8. The van der Waals surface area contributed by atoms with Gasteiger partial charge in [0.25, 0.3) is 15.9 Å². The van der Waals surface area contributed by atoms with Crippen LogP contribution in [0.25, 0.3) is 0 Å². The number of anilines is 2. The molecule has 0 bridgehead atoms. The highest BCUT2D eigenvalue weighted by atomic mass is 32.2. The molecule has 3 aromatic rings. The third-order valence-corrected chi connectivity index (χ3v) is 8.88. The van der Waals surface area contributed by atoms with Crippen LogP contribution in [0.1, 0.15) is 60.7 Å². The molecular formula is C26H28N2O5S2. The van der Waals surface area contributed by atoms with Crippen LogP contribution in [0.15, 0.2) is 41.3 Å². The lowest BCUT2D eigenvalue weighted by atomic mass is 9.95. The van der Waals surface area contributed by atoms with Crippen LogP contribution in [0.3, 0.4) is 0 Å². The molecule has 0 saturated carbocycles. The Morgan fingerprint density at radius 3 is 2.43 bits per heavy atom. The van der Waals surface area contributed by atoms with Crippen molar-refractivity contribution in [3.05, 3.63) is 74.7 Å². The normalized spacial score (nSPS) is 13.1. The standard InChI is InChI=1S/C26H28N2O5S2/c1-15-9-10-16(2)20(13-15)28-35(31,32)22-14-18(12-11-17(22)3)24(29)27-25-23(26(30)33-4)19-7-5-6-8-21(19)34-25/h9-14,28H,5-8H2,1-4H3,(H,27,29). The number of carbonyl (C=O) groups is 2. The maximum Gasteiger partial charge on any atom is 0.341 e. The Bertz CT molecular complexity index is 1420. The summed E-state index contributed by atoms with van der Waals surface area (Å²) in [6.07, 6.45) is 3.64. The molecule has 1 heterocycles. The summed E-state index contributed by atoms with van der Waals surface area (Å²) in [6.45, 7) is 5.40. The van der Waals surface area contributed by atoms with Crippen molar-refractivity contribution in [1.82, 2.24) is 0 Å². The van der Waals surface area contributed by atoms with Gasteiger partial charge in [0, 0.05) is 10.4 Å². The van der Waals surface area contributed by atoms with E-state index in [0.717, 1.165) is 47.3 Å². The molecule has 0 spiro atoms. The molecule has 1 aliphatic rings. The number of nitrogens with one attached hydrogen (secondary N) is 2. The predicted molar refractivity (Wildman–Crippen MR) is 138 cm³/mol. The first-order chi connectivity index (χ1) is 16.6. The van der Waals surface area contributed by atoms with Gasteiger partial charge in [-0.2, -0.15) is 0 Å². The molecule has 35 heavy (non-hydrogen) atoms. The second-order valence-corrected chi connectivity index (χ2v) is 11.5. The van der Waals surface area contributed by atoms with E-state index < -0.39 is 21.9 Å². The van der Waals surface area contributed by atoms with Crippen molar-refractivity contribution < 1.29 is 22.7 Å². The van der Waals surface area contributed by atoms with Gasteiger partial charge in [0.05, 0.1) is 23.3 Å². The van der Waals surface area contributed by atoms with E-state index in [2.05, 4.69) is 10.0 Å². The molecule has 184 valence electrons. The second-order valence-electron chi connectivity index (χ2n) is 8.76. The first-order valence-electron chi connectivity index (χ1n) is 11.4. The van der Waals surface area contributed by atoms with Gasteiger partial charge in [-0.15, -0.1) is 11.3 Å². The van der Waals surface area contributed by atoms with Crippen molar-refractivity contribution in [3.63, 3.8) is 0 Å². The zero-order chi connectivity index (χ0) is 25.3. The van der Waals surface area contributed by atoms with Gasteiger partial charge in [-0.3, -0.25) is 9.52 Å². The number of hydrogen-bond acceptors (Lipinski definition) is 6. The first-order valence-corrected chi connectivity index (χ1v) is 13.7. The molecule has 9 heteroatoms. The number of aryl methyl sites for hydroxylation is 4. The van der Waals surface area contributed by atoms with Crippen LogP contribution in [0.5, 0.6) is 0 Å². The molecule has 0 unspecified atom stereocenters. The molecule has 0 fully saturated rings. The number of amides is 1. The topological polar surface area (TPSA) is 102 Å². The highest BCUT2D eigenvalue weighted by Gasteiger charge is 2.28. The third-order valence-electron chi connectivity index (χ3n) is 6.17. The van der Waals surface area contributed by atoms with Crippen molar-refractivity contribution in [1.29, 1.82) is 0 Å². The Morgan fingerprint density at radius 2 is 1.69 bits per heavy atom. The zero-order valence-electron chi connectivity index (χ0n) is 20.2. The summed E-state index contributed by atoms with van der Waals surface area (Å²) in [6, 6.07) is 10.1. The smallest absolute Gasteiger partial charge is 0.341 e. The van der Waals surface area contributed by atoms with Crippen LogP contribution in [0.2, 0.25) is 0 Å². The number of sulfonamides is 1. The lowest BCUT2D eigenvalue weighted by Crippen LogP contribution is -2.18. The van der Waals surface area contributed by atoms with Crippen molar-refractivity contribution in [2.24, 2.45) is 0 Å². The highest BCUT2D eigenvalue weighted by Crippen LogP contribution is 2.39. The lowest BCUT2D eigenvalue weighted by Gasteiger charge is -2.14. The van der Waals surface area contributed by atoms with Crippen LogP contribution in [-0.4, -0.2) is 27.4 Å². The van der Waals surface area contributed by atoms with Crippen molar-refractivity contribution >= 4 is 43.9 Å². The largest absolute Gasteiger partial charge is 0.465 e. The number of carbonyl (C=O) groups excluding carboxylic acids is 2. The van der Waals surface area contributed by atoms with Gasteiger partial charge < -0.3 is 10.1 Å². The number of ether oxygens (including phenoxy) is 1. The number of methoxy groups -OCH3 is 1. The monoisotopic (exact) mass is 512 g/mol. The van der Waals surface area contributed by atoms with Gasteiger partial charge in [-0.1, -0.05) is 18.2 Å². The summed E-state index contributed by atoms with van der Waals surface area (Å²) in [4.78, 5) is 26.8. The summed E-state index contributed by atoms with van der Waals surface area (Å²) >= 11 is 1.38. The molecule has 0 radical (unpaired) electrons. The third kappa shape index (κ3) is 5.11. The Balaban J connectivity index is 1.65. The summed E-state index contributed by atoms with van der Waals surface area (Å²) in [5.74, 6) is -0.971. The van der Waals surface area contributed by atoms with Crippen LogP contribution in [0.4, 0.5) is 10.7 Å². The van der Waals surface area contributed by atoms with E-state index in [-0.39, 0.29) is 10.5 Å². The number of hydrogen-bond donors (Lipinski definition) is 2. The molecule has 4 rings (SSSR count). The fraction of sp³-hybridized carbons (Fsp3) is 0.308. The van der Waals surface area contributed by atoms with E-state index in [0.29, 0.717) is 21.8 Å². The van der Waals surface area contributed by atoms with Gasteiger partial charge in [-0.25, -0.2) is 13.2 Å². The fourth-order valence-electron chi connectivity index (χ4n) is 4.22. The van der Waals surface area contributed by atoms with E-state index in [1.807, 2.05) is 26.0 Å². The summed E-state index contributed by atoms with van der Waals surface area (Å²) in [5.41, 5.74) is 4.25. The van der Waals surface area contributed by atoms with E-state index in [1.165, 1.54) is 24.5 Å². The Kier molecular flexibility index (Phi) is 7.00. The molecule has 0 aliphatic heterocycles. The fourth-order valence-corrected chi connectivity index (χ4v) is 6.89. The van der Waals surface area contributed by atoms with Gasteiger partial charge in [0.1, 0.15) is 5.00 Å². The van der Waals surface area contributed by atoms with Crippen molar-refractivity contribution in [3.8, 4) is 0 Å². The van der Waals surface area contributed by atoms with Crippen LogP contribution in [-0.2, 0) is 27.6 Å². The molecule has 1 aromatic heterocycles. The number of rotatable bonds is 6. The molecular weight excluding hydrogens is 484 g/mol. The average Bonchev–Trinajstić information content (AvgIpc) is 3.18. The van der Waals surface area contributed by atoms with E-state index in [9.17, 15) is 18.0 Å². The average molecular weight is 513 g/mol. The molecule has 0 saturated heterocycles. The summed E-state index contributed by atoms with van der Waals surface area (Å²) in [7, 11) is -2.62.